The van der Waals surface area contributed by atoms with E-state index in [1.54, 1.807) is 29.2 Å². The Morgan fingerprint density at radius 3 is 2.11 bits per heavy atom. The van der Waals surface area contributed by atoms with Gasteiger partial charge in [-0.25, -0.2) is 4.79 Å². The van der Waals surface area contributed by atoms with Crippen molar-refractivity contribution in [3.8, 4) is 0 Å². The Morgan fingerprint density at radius 1 is 1.11 bits per heavy atom. The van der Waals surface area contributed by atoms with Gasteiger partial charge in [-0.05, 0) is 18.1 Å². The van der Waals surface area contributed by atoms with E-state index in [-0.39, 0.29) is 18.2 Å². The van der Waals surface area contributed by atoms with E-state index in [1.165, 1.54) is 7.11 Å². The lowest BCUT2D eigenvalue weighted by molar-refractivity contribution is -0.183. The average molecular weight is 365 g/mol. The summed E-state index contributed by atoms with van der Waals surface area (Å²) >= 11 is 0. The van der Waals surface area contributed by atoms with Crippen LogP contribution in [0.25, 0.3) is 0 Å². The minimum absolute atomic E-state index is 0.0616. The van der Waals surface area contributed by atoms with Gasteiger partial charge in [0.25, 0.3) is 5.91 Å². The molecule has 5 nitrogen and oxygen atoms in total. The van der Waals surface area contributed by atoms with Gasteiger partial charge >= 0.3 is 5.97 Å². The highest BCUT2D eigenvalue weighted by Gasteiger charge is 2.59. The van der Waals surface area contributed by atoms with Crippen molar-refractivity contribution in [1.29, 1.82) is 0 Å². The number of nitrogens with zero attached hydrogens (tertiary/aromatic N) is 1. The Labute approximate surface area is 158 Å². The van der Waals surface area contributed by atoms with Gasteiger partial charge < -0.3 is 14.7 Å². The summed E-state index contributed by atoms with van der Waals surface area (Å²) in [6.45, 7) is 5.83. The summed E-state index contributed by atoms with van der Waals surface area (Å²) in [5.41, 5.74) is -0.0337. The second kappa shape index (κ2) is 7.37. The normalized spacial score (nSPS) is 21.1. The van der Waals surface area contributed by atoms with Crippen LogP contribution >= 0.6 is 0 Å². The van der Waals surface area contributed by atoms with E-state index in [9.17, 15) is 14.7 Å². The molecule has 0 aliphatic carbocycles. The first kappa shape index (κ1) is 18.9. The number of hydrogen-bond donors (Lipinski definition) is 1. The van der Waals surface area contributed by atoms with Gasteiger partial charge in [0.2, 0.25) is 0 Å². The molecule has 1 fully saturated rings. The number of hydrogen-bond acceptors (Lipinski definition) is 4. The molecule has 1 amide bonds. The van der Waals surface area contributed by atoms with Gasteiger partial charge in [-0.15, -0.1) is 0 Å². The maximum absolute atomic E-state index is 13.0. The summed E-state index contributed by atoms with van der Waals surface area (Å²) in [4.78, 5) is 26.7. The van der Waals surface area contributed by atoms with E-state index in [4.69, 9.17) is 4.74 Å². The molecule has 0 aromatic heterocycles. The summed E-state index contributed by atoms with van der Waals surface area (Å²) in [5, 5.41) is 11.2. The number of amides is 1. The lowest BCUT2D eigenvalue weighted by atomic mass is 9.71. The summed E-state index contributed by atoms with van der Waals surface area (Å²) in [7, 11) is 1.26. The predicted molar refractivity (Wildman–Crippen MR) is 102 cm³/mol. The first-order chi connectivity index (χ1) is 12.9. The number of benzene rings is 2. The number of methoxy groups -OCH3 is 1. The van der Waals surface area contributed by atoms with Gasteiger partial charge in [0.15, 0.2) is 5.60 Å². The van der Waals surface area contributed by atoms with Crippen LogP contribution in [-0.2, 0) is 14.3 Å². The lowest BCUT2D eigenvalue weighted by Crippen LogP contribution is -2.69. The van der Waals surface area contributed by atoms with E-state index in [0.717, 1.165) is 5.56 Å². The maximum Gasteiger partial charge on any atom is 0.333 e. The number of rotatable bonds is 6. The SMILES string of the molecule is C=C(C(=O)OC)[C@H](c1ccccc1)[C@@]1(O)CN([C@@H](C)c2ccccc2)C1=O. The minimum atomic E-state index is -1.73. The van der Waals surface area contributed by atoms with Crippen molar-refractivity contribution in [1.82, 2.24) is 4.90 Å². The van der Waals surface area contributed by atoms with Crippen LogP contribution in [0.5, 0.6) is 0 Å². The lowest BCUT2D eigenvalue weighted by Gasteiger charge is -2.51. The average Bonchev–Trinajstić information content (AvgIpc) is 2.72. The molecule has 5 heteroatoms. The topological polar surface area (TPSA) is 66.8 Å². The second-order valence-corrected chi connectivity index (χ2v) is 6.80. The largest absolute Gasteiger partial charge is 0.466 e. The number of carbonyl (C=O) groups excluding carboxylic acids is 2. The van der Waals surface area contributed by atoms with Gasteiger partial charge in [-0.1, -0.05) is 67.2 Å². The highest BCUT2D eigenvalue weighted by molar-refractivity contribution is 5.98. The van der Waals surface area contributed by atoms with Gasteiger partial charge in [0, 0.05) is 5.57 Å². The third kappa shape index (κ3) is 3.26. The third-order valence-electron chi connectivity index (χ3n) is 5.20. The molecule has 1 heterocycles. The monoisotopic (exact) mass is 365 g/mol. The fourth-order valence-corrected chi connectivity index (χ4v) is 3.66. The first-order valence-corrected chi connectivity index (χ1v) is 8.80. The molecular formula is C22H23NO4. The molecule has 1 aliphatic heterocycles. The third-order valence-corrected chi connectivity index (χ3v) is 5.20. The van der Waals surface area contributed by atoms with Crippen molar-refractivity contribution >= 4 is 11.9 Å². The first-order valence-electron chi connectivity index (χ1n) is 8.80. The number of aliphatic hydroxyl groups is 1. The van der Waals surface area contributed by atoms with Crippen molar-refractivity contribution < 1.29 is 19.4 Å². The highest BCUT2D eigenvalue weighted by Crippen LogP contribution is 2.44. The van der Waals surface area contributed by atoms with Crippen molar-refractivity contribution in [3.63, 3.8) is 0 Å². The zero-order chi connectivity index (χ0) is 19.6. The highest BCUT2D eigenvalue weighted by atomic mass is 16.5. The Kier molecular flexibility index (Phi) is 5.15. The quantitative estimate of drug-likeness (QED) is 0.486. The molecule has 1 N–H and O–H groups in total. The molecule has 1 saturated heterocycles. The van der Waals surface area contributed by atoms with Crippen molar-refractivity contribution in [2.45, 2.75) is 24.5 Å². The standard InChI is InChI=1S/C22H23NO4/c1-15(20(24)27-3)19(18-12-8-5-9-13-18)22(26)14-23(21(22)25)16(2)17-10-6-4-7-11-17/h4-13,16,19,26H,1,14H2,2-3H3/t16-,19+,22-/m0/s1. The molecule has 0 unspecified atom stereocenters. The molecule has 0 spiro atoms. The Bertz CT molecular complexity index is 849. The molecule has 0 radical (unpaired) electrons. The molecule has 2 aromatic rings. The van der Waals surface area contributed by atoms with E-state index in [2.05, 4.69) is 6.58 Å². The number of β-amino-alcohol motifs (C(OH)–C–C–N with tert-alkyl or cyclic N) is 1. The molecule has 1 aliphatic rings. The van der Waals surface area contributed by atoms with Gasteiger partial charge in [0.05, 0.1) is 25.6 Å². The summed E-state index contributed by atoms with van der Waals surface area (Å²) in [5.74, 6) is -1.92. The van der Waals surface area contributed by atoms with Crippen molar-refractivity contribution in [2.75, 3.05) is 13.7 Å². The van der Waals surface area contributed by atoms with E-state index in [0.29, 0.717) is 5.56 Å². The van der Waals surface area contributed by atoms with Crippen LogP contribution in [0.4, 0.5) is 0 Å². The molecule has 0 bridgehead atoms. The number of β-lactam (4-membered cyclic amide) rings is 1. The van der Waals surface area contributed by atoms with Crippen LogP contribution in [0.1, 0.15) is 30.0 Å². The van der Waals surface area contributed by atoms with Crippen LogP contribution in [0, 0.1) is 0 Å². The van der Waals surface area contributed by atoms with E-state index in [1.807, 2.05) is 43.3 Å². The van der Waals surface area contributed by atoms with Crippen LogP contribution in [0.2, 0.25) is 0 Å². The second-order valence-electron chi connectivity index (χ2n) is 6.80. The number of esters is 1. The van der Waals surface area contributed by atoms with Crippen LogP contribution in [0.3, 0.4) is 0 Å². The smallest absolute Gasteiger partial charge is 0.333 e. The van der Waals surface area contributed by atoms with E-state index >= 15 is 0 Å². The number of likely N-dealkylation sites (tertiary alicyclic amines) is 1. The zero-order valence-corrected chi connectivity index (χ0v) is 15.5. The van der Waals surface area contributed by atoms with Crippen LogP contribution in [-0.4, -0.2) is 41.1 Å². The Balaban J connectivity index is 1.91. The molecular weight excluding hydrogens is 342 g/mol. The van der Waals surface area contributed by atoms with Gasteiger partial charge in [0.1, 0.15) is 0 Å². The minimum Gasteiger partial charge on any atom is -0.466 e. The fraction of sp³-hybridized carbons (Fsp3) is 0.273. The van der Waals surface area contributed by atoms with Gasteiger partial charge in [-0.3, -0.25) is 4.79 Å². The number of carbonyl (C=O) groups is 2. The predicted octanol–water partition coefficient (Wildman–Crippen LogP) is 2.83. The van der Waals surface area contributed by atoms with Crippen molar-refractivity contribution in [2.24, 2.45) is 0 Å². The van der Waals surface area contributed by atoms with Crippen LogP contribution in [0.15, 0.2) is 72.8 Å². The zero-order valence-electron chi connectivity index (χ0n) is 15.5. The molecule has 2 aromatic carbocycles. The van der Waals surface area contributed by atoms with Crippen LogP contribution < -0.4 is 0 Å². The summed E-state index contributed by atoms with van der Waals surface area (Å²) in [6.07, 6.45) is 0. The molecule has 3 rings (SSSR count). The fourth-order valence-electron chi connectivity index (χ4n) is 3.66. The molecule has 0 saturated carbocycles. The summed E-state index contributed by atoms with van der Waals surface area (Å²) in [6, 6.07) is 18.4. The number of ether oxygens (including phenoxy) is 1. The van der Waals surface area contributed by atoms with Gasteiger partial charge in [-0.2, -0.15) is 0 Å². The molecule has 140 valence electrons. The maximum atomic E-state index is 13.0. The molecule has 27 heavy (non-hydrogen) atoms. The Hall–Kier alpha value is -2.92. The molecule has 3 atom stereocenters. The Morgan fingerprint density at radius 2 is 1.63 bits per heavy atom. The summed E-state index contributed by atoms with van der Waals surface area (Å²) < 4.78 is 4.78. The van der Waals surface area contributed by atoms with E-state index < -0.39 is 23.4 Å². The van der Waals surface area contributed by atoms with Crippen molar-refractivity contribution in [3.05, 3.63) is 83.9 Å².